The van der Waals surface area contributed by atoms with Crippen LogP contribution in [0.5, 0.6) is 0 Å². The number of piperazine rings is 1. The van der Waals surface area contributed by atoms with E-state index in [4.69, 9.17) is 4.74 Å². The molecule has 1 fully saturated rings. The predicted molar refractivity (Wildman–Crippen MR) is 68.8 cm³/mol. The molecule has 1 saturated heterocycles. The molecule has 0 atom stereocenters. The van der Waals surface area contributed by atoms with E-state index in [0.29, 0.717) is 5.41 Å². The molecular formula is C13H28N2O. The number of hydrogen-bond donors (Lipinski definition) is 0. The number of ether oxygens (including phenoxy) is 1. The molecule has 0 saturated carbocycles. The van der Waals surface area contributed by atoms with Crippen molar-refractivity contribution in [2.75, 3.05) is 53.0 Å². The topological polar surface area (TPSA) is 15.7 Å². The summed E-state index contributed by atoms with van der Waals surface area (Å²) in [5.41, 5.74) is 0.397. The van der Waals surface area contributed by atoms with E-state index < -0.39 is 0 Å². The summed E-state index contributed by atoms with van der Waals surface area (Å²) in [6.07, 6.45) is 1.15. The van der Waals surface area contributed by atoms with Gasteiger partial charge in [-0.3, -0.25) is 4.90 Å². The average molecular weight is 228 g/mol. The number of hydrogen-bond acceptors (Lipinski definition) is 3. The molecule has 0 aromatic rings. The van der Waals surface area contributed by atoms with Gasteiger partial charge in [-0.2, -0.15) is 0 Å². The Morgan fingerprint density at radius 3 is 2.19 bits per heavy atom. The SMILES string of the molecule is CN1CCN(CCOCCC(C)(C)C)CC1. The van der Waals surface area contributed by atoms with E-state index >= 15 is 0 Å². The summed E-state index contributed by atoms with van der Waals surface area (Å²) in [6, 6.07) is 0. The van der Waals surface area contributed by atoms with E-state index in [9.17, 15) is 0 Å². The molecule has 0 aromatic heterocycles. The van der Waals surface area contributed by atoms with Gasteiger partial charge in [-0.25, -0.2) is 0 Å². The molecule has 0 radical (unpaired) electrons. The maximum atomic E-state index is 5.68. The first-order valence-electron chi connectivity index (χ1n) is 6.46. The second-order valence-electron chi connectivity index (χ2n) is 6.07. The maximum absolute atomic E-state index is 5.68. The molecule has 0 N–H and O–H groups in total. The Morgan fingerprint density at radius 2 is 1.62 bits per heavy atom. The summed E-state index contributed by atoms with van der Waals surface area (Å²) >= 11 is 0. The normalized spacial score (nSPS) is 20.2. The van der Waals surface area contributed by atoms with Gasteiger partial charge in [0, 0.05) is 39.3 Å². The third kappa shape index (κ3) is 6.46. The maximum Gasteiger partial charge on any atom is 0.0593 e. The Labute approximate surface area is 101 Å². The molecule has 0 unspecified atom stereocenters. The zero-order chi connectivity index (χ0) is 12.0. The van der Waals surface area contributed by atoms with Crippen LogP contribution in [0.3, 0.4) is 0 Å². The Balaban J connectivity index is 1.95. The van der Waals surface area contributed by atoms with E-state index in [1.165, 1.54) is 26.2 Å². The number of rotatable bonds is 5. The van der Waals surface area contributed by atoms with E-state index in [1.807, 2.05) is 0 Å². The monoisotopic (exact) mass is 228 g/mol. The van der Waals surface area contributed by atoms with Crippen molar-refractivity contribution in [2.24, 2.45) is 5.41 Å². The van der Waals surface area contributed by atoms with Crippen molar-refractivity contribution < 1.29 is 4.74 Å². The van der Waals surface area contributed by atoms with Gasteiger partial charge in [-0.15, -0.1) is 0 Å². The van der Waals surface area contributed by atoms with Gasteiger partial charge in [0.25, 0.3) is 0 Å². The highest BCUT2D eigenvalue weighted by Crippen LogP contribution is 2.17. The van der Waals surface area contributed by atoms with Crippen LogP contribution in [0.4, 0.5) is 0 Å². The van der Waals surface area contributed by atoms with Gasteiger partial charge in [0.05, 0.1) is 6.61 Å². The molecule has 1 aliphatic rings. The van der Waals surface area contributed by atoms with E-state index in [0.717, 1.165) is 26.2 Å². The highest BCUT2D eigenvalue weighted by Gasteiger charge is 2.13. The second-order valence-corrected chi connectivity index (χ2v) is 6.07. The molecule has 1 heterocycles. The van der Waals surface area contributed by atoms with Gasteiger partial charge in [0.15, 0.2) is 0 Å². The van der Waals surface area contributed by atoms with Gasteiger partial charge in [0.1, 0.15) is 0 Å². The lowest BCUT2D eigenvalue weighted by atomic mass is 9.93. The van der Waals surface area contributed by atoms with E-state index in [2.05, 4.69) is 37.6 Å². The zero-order valence-corrected chi connectivity index (χ0v) is 11.5. The van der Waals surface area contributed by atoms with Gasteiger partial charge in [-0.1, -0.05) is 20.8 Å². The van der Waals surface area contributed by atoms with E-state index in [1.54, 1.807) is 0 Å². The van der Waals surface area contributed by atoms with Crippen molar-refractivity contribution >= 4 is 0 Å². The van der Waals surface area contributed by atoms with Crippen LogP contribution in [-0.2, 0) is 4.74 Å². The van der Waals surface area contributed by atoms with Gasteiger partial charge >= 0.3 is 0 Å². The first-order valence-corrected chi connectivity index (χ1v) is 6.46. The summed E-state index contributed by atoms with van der Waals surface area (Å²) in [4.78, 5) is 4.88. The van der Waals surface area contributed by atoms with Gasteiger partial charge in [0.2, 0.25) is 0 Å². The van der Waals surface area contributed by atoms with Crippen LogP contribution >= 0.6 is 0 Å². The van der Waals surface area contributed by atoms with Gasteiger partial charge < -0.3 is 9.64 Å². The van der Waals surface area contributed by atoms with Crippen molar-refractivity contribution in [3.63, 3.8) is 0 Å². The summed E-state index contributed by atoms with van der Waals surface area (Å²) in [5.74, 6) is 0. The molecule has 0 spiro atoms. The zero-order valence-electron chi connectivity index (χ0n) is 11.5. The Hall–Kier alpha value is -0.120. The van der Waals surface area contributed by atoms with Crippen LogP contribution in [0.2, 0.25) is 0 Å². The molecule has 0 amide bonds. The fourth-order valence-electron chi connectivity index (χ4n) is 1.75. The number of nitrogens with zero attached hydrogens (tertiary/aromatic N) is 2. The minimum absolute atomic E-state index is 0.397. The first-order chi connectivity index (χ1) is 7.47. The van der Waals surface area contributed by atoms with Crippen LogP contribution < -0.4 is 0 Å². The Kier molecular flexibility index (Phi) is 5.73. The Bertz CT molecular complexity index is 181. The summed E-state index contributed by atoms with van der Waals surface area (Å²) < 4.78 is 5.68. The van der Waals surface area contributed by atoms with Crippen LogP contribution in [0, 0.1) is 5.41 Å². The van der Waals surface area contributed by atoms with Crippen molar-refractivity contribution in [2.45, 2.75) is 27.2 Å². The largest absolute Gasteiger partial charge is 0.380 e. The van der Waals surface area contributed by atoms with Crippen molar-refractivity contribution in [1.29, 1.82) is 0 Å². The van der Waals surface area contributed by atoms with Crippen LogP contribution in [-0.4, -0.2) is 62.8 Å². The molecule has 3 nitrogen and oxygen atoms in total. The molecule has 0 bridgehead atoms. The fraction of sp³-hybridized carbons (Fsp3) is 1.00. The molecule has 1 aliphatic heterocycles. The smallest absolute Gasteiger partial charge is 0.0593 e. The molecule has 0 aliphatic carbocycles. The quantitative estimate of drug-likeness (QED) is 0.666. The van der Waals surface area contributed by atoms with Gasteiger partial charge in [-0.05, 0) is 18.9 Å². The molecule has 0 aromatic carbocycles. The third-order valence-electron chi connectivity index (χ3n) is 3.14. The average Bonchev–Trinajstić information content (AvgIpc) is 2.19. The summed E-state index contributed by atoms with van der Waals surface area (Å²) in [6.45, 7) is 14.4. The van der Waals surface area contributed by atoms with Crippen LogP contribution in [0.1, 0.15) is 27.2 Å². The highest BCUT2D eigenvalue weighted by atomic mass is 16.5. The lowest BCUT2D eigenvalue weighted by Crippen LogP contribution is -2.45. The molecule has 3 heteroatoms. The lowest BCUT2D eigenvalue weighted by Gasteiger charge is -2.32. The van der Waals surface area contributed by atoms with Crippen molar-refractivity contribution in [3.05, 3.63) is 0 Å². The molecule has 1 rings (SSSR count). The highest BCUT2D eigenvalue weighted by molar-refractivity contribution is 4.68. The second kappa shape index (κ2) is 6.58. The summed E-state index contributed by atoms with van der Waals surface area (Å²) in [5, 5.41) is 0. The van der Waals surface area contributed by atoms with E-state index in [-0.39, 0.29) is 0 Å². The first kappa shape index (κ1) is 13.9. The Morgan fingerprint density at radius 1 is 1.00 bits per heavy atom. The molecular weight excluding hydrogens is 200 g/mol. The third-order valence-corrected chi connectivity index (χ3v) is 3.14. The lowest BCUT2D eigenvalue weighted by molar-refractivity contribution is 0.0696. The molecule has 16 heavy (non-hydrogen) atoms. The number of likely N-dealkylation sites (N-methyl/N-ethyl adjacent to an activating group) is 1. The standard InChI is InChI=1S/C13H28N2O/c1-13(2,3)5-11-16-12-10-15-8-6-14(4)7-9-15/h5-12H2,1-4H3. The minimum Gasteiger partial charge on any atom is -0.380 e. The van der Waals surface area contributed by atoms with Crippen LogP contribution in [0.15, 0.2) is 0 Å². The minimum atomic E-state index is 0.397. The fourth-order valence-corrected chi connectivity index (χ4v) is 1.75. The van der Waals surface area contributed by atoms with Crippen molar-refractivity contribution in [3.8, 4) is 0 Å². The summed E-state index contributed by atoms with van der Waals surface area (Å²) in [7, 11) is 2.19. The molecule has 96 valence electrons. The van der Waals surface area contributed by atoms with Crippen LogP contribution in [0.25, 0.3) is 0 Å². The van der Waals surface area contributed by atoms with Crippen molar-refractivity contribution in [1.82, 2.24) is 9.80 Å². The predicted octanol–water partition coefficient (Wildman–Crippen LogP) is 1.69.